The summed E-state index contributed by atoms with van der Waals surface area (Å²) in [6, 6.07) is 9.82. The summed E-state index contributed by atoms with van der Waals surface area (Å²) in [6.45, 7) is 4.07. The highest BCUT2D eigenvalue weighted by molar-refractivity contribution is 5.79. The van der Waals surface area contributed by atoms with Gasteiger partial charge in [0.1, 0.15) is 11.5 Å². The van der Waals surface area contributed by atoms with Crippen LogP contribution < -0.4 is 4.74 Å². The van der Waals surface area contributed by atoms with E-state index >= 15 is 0 Å². The predicted octanol–water partition coefficient (Wildman–Crippen LogP) is 5.43. The lowest BCUT2D eigenvalue weighted by atomic mass is 10.0. The summed E-state index contributed by atoms with van der Waals surface area (Å²) in [5, 5.41) is 0. The van der Waals surface area contributed by atoms with Crippen LogP contribution >= 0.6 is 0 Å². The number of carbonyl (C=O) groups excluding carboxylic acids is 1. The zero-order chi connectivity index (χ0) is 16.3. The maximum absolute atomic E-state index is 12.7. The predicted molar refractivity (Wildman–Crippen MR) is 77.4 cm³/mol. The third kappa shape index (κ3) is 3.67. The Morgan fingerprint density at radius 1 is 1.05 bits per heavy atom. The molecule has 5 heteroatoms. The first kappa shape index (κ1) is 16.1. The fourth-order valence-electron chi connectivity index (χ4n) is 1.94. The molecule has 2 aromatic rings. The van der Waals surface area contributed by atoms with E-state index in [4.69, 9.17) is 4.74 Å². The molecule has 0 radical (unpaired) electrons. The van der Waals surface area contributed by atoms with Gasteiger partial charge in [0.2, 0.25) is 0 Å². The smallest absolute Gasteiger partial charge is 0.416 e. The largest absolute Gasteiger partial charge is 0.457 e. The van der Waals surface area contributed by atoms with E-state index in [0.717, 1.165) is 23.8 Å². The Hall–Kier alpha value is -2.30. The topological polar surface area (TPSA) is 26.3 Å². The van der Waals surface area contributed by atoms with Gasteiger partial charge >= 0.3 is 6.18 Å². The van der Waals surface area contributed by atoms with Gasteiger partial charge in [-0.25, -0.2) is 0 Å². The molecule has 0 bridgehead atoms. The van der Waals surface area contributed by atoms with Gasteiger partial charge in [0.25, 0.3) is 0 Å². The van der Waals surface area contributed by atoms with E-state index in [1.807, 2.05) is 26.0 Å². The van der Waals surface area contributed by atoms with E-state index in [-0.39, 0.29) is 11.3 Å². The molecule has 0 N–H and O–H groups in total. The highest BCUT2D eigenvalue weighted by Gasteiger charge is 2.31. The summed E-state index contributed by atoms with van der Waals surface area (Å²) in [5.74, 6) is 0.613. The molecule has 0 aromatic heterocycles. The molecule has 0 saturated heterocycles. The van der Waals surface area contributed by atoms with Crippen LogP contribution in [0.4, 0.5) is 13.2 Å². The van der Waals surface area contributed by atoms with Crippen molar-refractivity contribution < 1.29 is 22.7 Å². The maximum atomic E-state index is 12.7. The Morgan fingerprint density at radius 3 is 2.18 bits per heavy atom. The number of halogens is 3. The minimum absolute atomic E-state index is 0.0703. The quantitative estimate of drug-likeness (QED) is 0.704. The molecular formula is C17H15F3O2. The fourth-order valence-corrected chi connectivity index (χ4v) is 1.94. The first-order chi connectivity index (χ1) is 10.3. The van der Waals surface area contributed by atoms with E-state index < -0.39 is 11.7 Å². The molecule has 0 unspecified atom stereocenters. The average Bonchev–Trinajstić information content (AvgIpc) is 2.46. The Kier molecular flexibility index (Phi) is 4.54. The molecule has 116 valence electrons. The number of benzene rings is 2. The Labute approximate surface area is 126 Å². The van der Waals surface area contributed by atoms with Crippen molar-refractivity contribution >= 4 is 6.29 Å². The van der Waals surface area contributed by atoms with Gasteiger partial charge in [-0.1, -0.05) is 26.0 Å². The summed E-state index contributed by atoms with van der Waals surface area (Å²) in [4.78, 5) is 11.0. The van der Waals surface area contributed by atoms with E-state index in [1.54, 1.807) is 12.1 Å². The van der Waals surface area contributed by atoms with Crippen molar-refractivity contribution in [1.29, 1.82) is 0 Å². The first-order valence-electron chi connectivity index (χ1n) is 6.75. The number of carbonyl (C=O) groups is 1. The summed E-state index contributed by atoms with van der Waals surface area (Å²) in [6.07, 6.45) is -4.01. The van der Waals surface area contributed by atoms with E-state index in [9.17, 15) is 18.0 Å². The third-order valence-corrected chi connectivity index (χ3v) is 3.24. The number of alkyl halides is 3. The van der Waals surface area contributed by atoms with Crippen LogP contribution in [0, 0.1) is 0 Å². The van der Waals surface area contributed by atoms with Crippen molar-refractivity contribution in [2.75, 3.05) is 0 Å². The van der Waals surface area contributed by atoms with Crippen LogP contribution in [0.25, 0.3) is 0 Å². The second-order valence-corrected chi connectivity index (χ2v) is 5.19. The highest BCUT2D eigenvalue weighted by Crippen LogP contribution is 2.34. The van der Waals surface area contributed by atoms with E-state index in [1.165, 1.54) is 0 Å². The van der Waals surface area contributed by atoms with Gasteiger partial charge in [-0.15, -0.1) is 0 Å². The summed E-state index contributed by atoms with van der Waals surface area (Å²) >= 11 is 0. The Bertz CT molecular complexity index is 659. The molecule has 0 fully saturated rings. The van der Waals surface area contributed by atoms with Crippen molar-refractivity contribution in [2.24, 2.45) is 0 Å². The number of hydrogen-bond donors (Lipinski definition) is 0. The van der Waals surface area contributed by atoms with Crippen molar-refractivity contribution in [3.63, 3.8) is 0 Å². The van der Waals surface area contributed by atoms with Crippen molar-refractivity contribution in [2.45, 2.75) is 25.9 Å². The SMILES string of the molecule is CC(C)c1ccc(Oc2cc(C(F)(F)F)ccc2C=O)cc1. The van der Waals surface area contributed by atoms with Crippen LogP contribution in [-0.4, -0.2) is 6.29 Å². The van der Waals surface area contributed by atoms with Gasteiger partial charge in [0, 0.05) is 0 Å². The van der Waals surface area contributed by atoms with Crippen LogP contribution in [0.5, 0.6) is 11.5 Å². The zero-order valence-corrected chi connectivity index (χ0v) is 12.1. The molecule has 0 heterocycles. The number of aldehydes is 1. The van der Waals surface area contributed by atoms with Gasteiger partial charge < -0.3 is 4.74 Å². The molecule has 2 rings (SSSR count). The number of ether oxygens (including phenoxy) is 1. The molecule has 0 aliphatic heterocycles. The van der Waals surface area contributed by atoms with E-state index in [2.05, 4.69) is 0 Å². The second kappa shape index (κ2) is 6.22. The van der Waals surface area contributed by atoms with Gasteiger partial charge in [0.05, 0.1) is 11.1 Å². The molecule has 0 aliphatic rings. The minimum atomic E-state index is -4.49. The van der Waals surface area contributed by atoms with Crippen LogP contribution in [0.3, 0.4) is 0 Å². The molecule has 0 atom stereocenters. The second-order valence-electron chi connectivity index (χ2n) is 5.19. The molecule has 0 saturated carbocycles. The first-order valence-corrected chi connectivity index (χ1v) is 6.75. The van der Waals surface area contributed by atoms with Crippen LogP contribution in [0.15, 0.2) is 42.5 Å². The number of rotatable bonds is 4. The Balaban J connectivity index is 2.33. The van der Waals surface area contributed by atoms with Gasteiger partial charge in [-0.2, -0.15) is 13.2 Å². The maximum Gasteiger partial charge on any atom is 0.416 e. The van der Waals surface area contributed by atoms with E-state index in [0.29, 0.717) is 18.0 Å². The normalized spacial score (nSPS) is 11.5. The molecule has 0 amide bonds. The van der Waals surface area contributed by atoms with Crippen molar-refractivity contribution in [3.05, 3.63) is 59.2 Å². The Morgan fingerprint density at radius 2 is 1.68 bits per heavy atom. The van der Waals surface area contributed by atoms with Gasteiger partial charge in [0.15, 0.2) is 6.29 Å². The zero-order valence-electron chi connectivity index (χ0n) is 12.1. The minimum Gasteiger partial charge on any atom is -0.457 e. The van der Waals surface area contributed by atoms with Crippen molar-refractivity contribution in [3.8, 4) is 11.5 Å². The molecule has 2 aromatic carbocycles. The average molecular weight is 308 g/mol. The molecule has 2 nitrogen and oxygen atoms in total. The summed E-state index contributed by atoms with van der Waals surface area (Å²) in [5.41, 5.74) is 0.305. The van der Waals surface area contributed by atoms with Crippen LogP contribution in [-0.2, 0) is 6.18 Å². The highest BCUT2D eigenvalue weighted by atomic mass is 19.4. The lowest BCUT2D eigenvalue weighted by Crippen LogP contribution is -2.05. The van der Waals surface area contributed by atoms with Crippen molar-refractivity contribution in [1.82, 2.24) is 0 Å². The van der Waals surface area contributed by atoms with Gasteiger partial charge in [-0.3, -0.25) is 4.79 Å². The fraction of sp³-hybridized carbons (Fsp3) is 0.235. The lowest BCUT2D eigenvalue weighted by Gasteiger charge is -2.13. The lowest BCUT2D eigenvalue weighted by molar-refractivity contribution is -0.137. The monoisotopic (exact) mass is 308 g/mol. The third-order valence-electron chi connectivity index (χ3n) is 3.24. The molecule has 0 spiro atoms. The molecule has 22 heavy (non-hydrogen) atoms. The van der Waals surface area contributed by atoms with Gasteiger partial charge in [-0.05, 0) is 41.8 Å². The molecule has 0 aliphatic carbocycles. The number of hydrogen-bond acceptors (Lipinski definition) is 2. The van der Waals surface area contributed by atoms with Crippen LogP contribution in [0.2, 0.25) is 0 Å². The standard InChI is InChI=1S/C17H15F3O2/c1-11(2)12-4-7-15(8-5-12)22-16-9-14(17(18,19)20)6-3-13(16)10-21/h3-11H,1-2H3. The molecular weight excluding hydrogens is 293 g/mol. The van der Waals surface area contributed by atoms with Crippen LogP contribution in [0.1, 0.15) is 41.3 Å². The summed E-state index contributed by atoms with van der Waals surface area (Å²) < 4.78 is 43.7. The summed E-state index contributed by atoms with van der Waals surface area (Å²) in [7, 11) is 0.